The van der Waals surface area contributed by atoms with Crippen LogP contribution in [0.2, 0.25) is 0 Å². The van der Waals surface area contributed by atoms with Crippen LogP contribution >= 0.6 is 12.2 Å². The van der Waals surface area contributed by atoms with E-state index in [-0.39, 0.29) is 11.8 Å². The highest BCUT2D eigenvalue weighted by atomic mass is 32.1. The van der Waals surface area contributed by atoms with Crippen LogP contribution in [-0.4, -0.2) is 24.0 Å². The number of carbonyl (C=O) groups excluding carboxylic acids is 1. The predicted molar refractivity (Wildman–Crippen MR) is 81.2 cm³/mol. The van der Waals surface area contributed by atoms with Gasteiger partial charge in [0.2, 0.25) is 5.91 Å². The molecule has 1 aliphatic heterocycles. The summed E-state index contributed by atoms with van der Waals surface area (Å²) >= 11 is 5.10. The monoisotopic (exact) mass is 277 g/mol. The topological polar surface area (TPSA) is 72.3 Å². The summed E-state index contributed by atoms with van der Waals surface area (Å²) < 4.78 is 0. The highest BCUT2D eigenvalue weighted by Gasteiger charge is 2.24. The number of hydrogen-bond acceptors (Lipinski definition) is 3. The fraction of sp³-hybridized carbons (Fsp3) is 0.429. The van der Waals surface area contributed by atoms with Crippen LogP contribution in [0.15, 0.2) is 18.2 Å². The number of aryl methyl sites for hydroxylation is 1. The lowest BCUT2D eigenvalue weighted by molar-refractivity contribution is -0.122. The molecule has 0 aliphatic carbocycles. The van der Waals surface area contributed by atoms with E-state index in [1.807, 2.05) is 19.1 Å². The summed E-state index contributed by atoms with van der Waals surface area (Å²) in [4.78, 5) is 13.8. The average Bonchev–Trinajstić information content (AvgIpc) is 2.38. The van der Waals surface area contributed by atoms with Gasteiger partial charge in [-0.15, -0.1) is 0 Å². The summed E-state index contributed by atoms with van der Waals surface area (Å²) in [6, 6.07) is 6.07. The molecule has 0 bridgehead atoms. The van der Waals surface area contributed by atoms with Gasteiger partial charge in [0.15, 0.2) is 0 Å². The number of carbonyl (C=O) groups is 1. The molecule has 102 valence electrons. The minimum atomic E-state index is -0.196. The zero-order chi connectivity index (χ0) is 14.0. The van der Waals surface area contributed by atoms with Crippen molar-refractivity contribution in [1.82, 2.24) is 0 Å². The molecule has 1 aromatic carbocycles. The molecule has 5 heteroatoms. The van der Waals surface area contributed by atoms with Crippen molar-refractivity contribution in [3.63, 3.8) is 0 Å². The predicted octanol–water partition coefficient (Wildman–Crippen LogP) is 1.33. The molecule has 1 aromatic rings. The van der Waals surface area contributed by atoms with Crippen LogP contribution in [0.25, 0.3) is 0 Å². The molecule has 0 aromatic heterocycles. The van der Waals surface area contributed by atoms with Crippen LogP contribution < -0.4 is 16.4 Å². The number of amides is 1. The van der Waals surface area contributed by atoms with E-state index in [0.29, 0.717) is 4.99 Å². The summed E-state index contributed by atoms with van der Waals surface area (Å²) in [5.41, 5.74) is 14.3. The minimum Gasteiger partial charge on any atom is -0.389 e. The second-order valence-electron chi connectivity index (χ2n) is 5.05. The van der Waals surface area contributed by atoms with Gasteiger partial charge >= 0.3 is 0 Å². The average molecular weight is 277 g/mol. The fourth-order valence-electron chi connectivity index (χ4n) is 2.52. The van der Waals surface area contributed by atoms with Crippen molar-refractivity contribution in [2.45, 2.75) is 19.8 Å². The number of rotatable bonds is 3. The molecule has 4 nitrogen and oxygen atoms in total. The Morgan fingerprint density at radius 1 is 1.32 bits per heavy atom. The third-order valence-electron chi connectivity index (χ3n) is 3.66. The number of anilines is 1. The second kappa shape index (κ2) is 5.57. The van der Waals surface area contributed by atoms with E-state index in [2.05, 4.69) is 11.0 Å². The summed E-state index contributed by atoms with van der Waals surface area (Å²) in [5, 5.41) is 0. The lowest BCUT2D eigenvalue weighted by atomic mass is 9.95. The Bertz CT molecular complexity index is 507. The smallest absolute Gasteiger partial charge is 0.220 e. The highest BCUT2D eigenvalue weighted by Crippen LogP contribution is 2.27. The maximum absolute atomic E-state index is 11.2. The van der Waals surface area contributed by atoms with Crippen molar-refractivity contribution >= 4 is 28.8 Å². The molecule has 1 heterocycles. The van der Waals surface area contributed by atoms with E-state index in [4.69, 9.17) is 23.7 Å². The Labute approximate surface area is 118 Å². The van der Waals surface area contributed by atoms with Gasteiger partial charge in [-0.25, -0.2) is 0 Å². The van der Waals surface area contributed by atoms with E-state index in [0.717, 1.165) is 37.2 Å². The van der Waals surface area contributed by atoms with Gasteiger partial charge < -0.3 is 16.4 Å². The normalized spacial score (nSPS) is 16.4. The molecular weight excluding hydrogens is 258 g/mol. The summed E-state index contributed by atoms with van der Waals surface area (Å²) in [7, 11) is 0. The third-order valence-corrected chi connectivity index (χ3v) is 3.88. The van der Waals surface area contributed by atoms with Crippen molar-refractivity contribution in [3.05, 3.63) is 29.3 Å². The van der Waals surface area contributed by atoms with E-state index in [9.17, 15) is 4.79 Å². The van der Waals surface area contributed by atoms with Crippen molar-refractivity contribution < 1.29 is 4.79 Å². The Kier molecular flexibility index (Phi) is 4.04. The quantitative estimate of drug-likeness (QED) is 0.818. The van der Waals surface area contributed by atoms with Gasteiger partial charge in [-0.05, 0) is 37.5 Å². The summed E-state index contributed by atoms with van der Waals surface area (Å²) in [5.74, 6) is -0.201. The van der Waals surface area contributed by atoms with Gasteiger partial charge in [-0.1, -0.05) is 18.3 Å². The van der Waals surface area contributed by atoms with E-state index < -0.39 is 0 Å². The molecule has 4 N–H and O–H groups in total. The highest BCUT2D eigenvalue weighted by molar-refractivity contribution is 7.80. The zero-order valence-corrected chi connectivity index (χ0v) is 11.9. The summed E-state index contributed by atoms with van der Waals surface area (Å²) in [6.45, 7) is 3.67. The number of hydrogen-bond donors (Lipinski definition) is 2. The van der Waals surface area contributed by atoms with Gasteiger partial charge in [0, 0.05) is 30.3 Å². The number of thiocarbonyl (C=S) groups is 1. The first-order valence-electron chi connectivity index (χ1n) is 6.43. The molecule has 19 heavy (non-hydrogen) atoms. The second-order valence-corrected chi connectivity index (χ2v) is 5.49. The van der Waals surface area contributed by atoms with Crippen molar-refractivity contribution in [2.24, 2.45) is 17.4 Å². The minimum absolute atomic E-state index is 0.00524. The van der Waals surface area contributed by atoms with Crippen LogP contribution in [-0.2, 0) is 4.79 Å². The number of nitrogens with two attached hydrogens (primary N) is 2. The van der Waals surface area contributed by atoms with Gasteiger partial charge in [-0.2, -0.15) is 0 Å². The first-order chi connectivity index (χ1) is 8.99. The van der Waals surface area contributed by atoms with Crippen molar-refractivity contribution in [2.75, 3.05) is 18.0 Å². The van der Waals surface area contributed by atoms with Crippen molar-refractivity contribution in [1.29, 1.82) is 0 Å². The molecule has 0 unspecified atom stereocenters. The number of nitrogens with zero attached hydrogens (tertiary/aromatic N) is 1. The largest absolute Gasteiger partial charge is 0.389 e. The lowest BCUT2D eigenvalue weighted by Gasteiger charge is -2.33. The molecule has 0 saturated carbocycles. The molecule has 2 rings (SSSR count). The third kappa shape index (κ3) is 3.04. The number of piperidine rings is 1. The lowest BCUT2D eigenvalue weighted by Crippen LogP contribution is -2.39. The Balaban J connectivity index is 2.21. The van der Waals surface area contributed by atoms with Crippen LogP contribution in [0.5, 0.6) is 0 Å². The Morgan fingerprint density at radius 2 is 1.95 bits per heavy atom. The molecule has 0 atom stereocenters. The standard InChI is InChI=1S/C14H19N3OS/c1-9-2-3-11(14(16)19)12(8-9)17-6-4-10(5-7-17)13(15)18/h2-3,8,10H,4-7H2,1H3,(H2,15,18)(H2,16,19). The summed E-state index contributed by atoms with van der Waals surface area (Å²) in [6.07, 6.45) is 1.58. The maximum atomic E-state index is 11.2. The Morgan fingerprint density at radius 3 is 2.47 bits per heavy atom. The van der Waals surface area contributed by atoms with Gasteiger partial charge in [0.05, 0.1) is 0 Å². The number of primary amides is 1. The first kappa shape index (κ1) is 13.8. The molecule has 1 saturated heterocycles. The molecule has 1 aliphatic rings. The fourth-order valence-corrected chi connectivity index (χ4v) is 2.69. The van der Waals surface area contributed by atoms with Gasteiger partial charge in [0.25, 0.3) is 0 Å². The van der Waals surface area contributed by atoms with Crippen LogP contribution in [0.1, 0.15) is 24.0 Å². The van der Waals surface area contributed by atoms with Gasteiger partial charge in [-0.3, -0.25) is 4.79 Å². The Hall–Kier alpha value is -1.62. The maximum Gasteiger partial charge on any atom is 0.220 e. The van der Waals surface area contributed by atoms with Crippen LogP contribution in [0.4, 0.5) is 5.69 Å². The van der Waals surface area contributed by atoms with Crippen LogP contribution in [0.3, 0.4) is 0 Å². The molecule has 1 fully saturated rings. The molecule has 0 spiro atoms. The number of benzene rings is 1. The van der Waals surface area contributed by atoms with Gasteiger partial charge in [0.1, 0.15) is 4.99 Å². The SMILES string of the molecule is Cc1ccc(C(N)=S)c(N2CCC(C(N)=O)CC2)c1. The molecule has 1 amide bonds. The van der Waals surface area contributed by atoms with E-state index in [1.54, 1.807) is 0 Å². The molecular formula is C14H19N3OS. The molecule has 0 radical (unpaired) electrons. The van der Waals surface area contributed by atoms with E-state index in [1.165, 1.54) is 5.56 Å². The first-order valence-corrected chi connectivity index (χ1v) is 6.84. The van der Waals surface area contributed by atoms with E-state index >= 15 is 0 Å². The zero-order valence-electron chi connectivity index (χ0n) is 11.1. The van der Waals surface area contributed by atoms with Crippen molar-refractivity contribution in [3.8, 4) is 0 Å². The van der Waals surface area contributed by atoms with Crippen LogP contribution in [0, 0.1) is 12.8 Å².